The highest BCUT2D eigenvalue weighted by atomic mass is 31.2. The molecule has 1 aromatic rings. The number of nitrogens with one attached hydrogen (secondary N) is 1. The summed E-state index contributed by atoms with van der Waals surface area (Å²) < 4.78 is 0. The van der Waals surface area contributed by atoms with Gasteiger partial charge in [0.2, 0.25) is 8.53 Å². The minimum absolute atomic E-state index is 0.338. The van der Waals surface area contributed by atoms with Crippen LogP contribution < -0.4 is 16.9 Å². The lowest BCUT2D eigenvalue weighted by Gasteiger charge is -1.84. The average Bonchev–Trinajstić information content (AvgIpc) is 1.84. The smallest absolute Gasteiger partial charge is 0.346 e. The fourth-order valence-corrected chi connectivity index (χ4v) is 0.383. The van der Waals surface area contributed by atoms with Crippen LogP contribution in [0.1, 0.15) is 0 Å². The van der Waals surface area contributed by atoms with Gasteiger partial charge in [-0.25, -0.2) is 9.78 Å². The predicted octanol–water partition coefficient (Wildman–Crippen LogP) is -1.49. The number of H-pyrrole nitrogens is 1. The van der Waals surface area contributed by atoms with Gasteiger partial charge in [0, 0.05) is 6.20 Å². The van der Waals surface area contributed by atoms with E-state index < -0.39 is 14.2 Å². The molecule has 7 nitrogen and oxygen atoms in total. The number of rotatable bonds is 0. The number of aromatic amines is 1. The summed E-state index contributed by atoms with van der Waals surface area (Å²) in [6.07, 6.45) is 1.36. The van der Waals surface area contributed by atoms with Crippen LogP contribution in [-0.2, 0) is 0 Å². The zero-order valence-corrected chi connectivity index (χ0v) is 6.90. The first-order valence-electron chi connectivity index (χ1n) is 2.75. The monoisotopic (exact) mass is 192 g/mol. The van der Waals surface area contributed by atoms with Gasteiger partial charge in [-0.15, -0.1) is 0 Å². The standard InChI is InChI=1S/C4H5N3O.H4NO2P/c5-3-1-2-6-4(8)7-3;1-4(2)3/h1-2H,(H3,5,6,7,8);2-3H,1H2. The molecule has 0 saturated carbocycles. The summed E-state index contributed by atoms with van der Waals surface area (Å²) in [5.41, 5.74) is 9.04. The van der Waals surface area contributed by atoms with Crippen molar-refractivity contribution >= 4 is 14.3 Å². The molecule has 0 fully saturated rings. The summed E-state index contributed by atoms with van der Waals surface area (Å²) in [5, 5.41) is 0. The summed E-state index contributed by atoms with van der Waals surface area (Å²) in [6, 6.07) is 1.52. The Kier molecular flexibility index (Phi) is 5.14. The third-order valence-corrected chi connectivity index (χ3v) is 0.697. The number of aromatic nitrogens is 2. The second kappa shape index (κ2) is 5.62. The molecule has 1 rings (SSSR count). The Labute approximate surface area is 69.0 Å². The van der Waals surface area contributed by atoms with Gasteiger partial charge >= 0.3 is 5.69 Å². The molecule has 12 heavy (non-hydrogen) atoms. The Bertz CT molecular complexity index is 272. The van der Waals surface area contributed by atoms with Gasteiger partial charge in [-0.2, -0.15) is 0 Å². The highest BCUT2D eigenvalue weighted by molar-refractivity contribution is 7.42. The van der Waals surface area contributed by atoms with Crippen molar-refractivity contribution in [3.05, 3.63) is 22.7 Å². The van der Waals surface area contributed by atoms with Crippen LogP contribution in [0.15, 0.2) is 17.1 Å². The van der Waals surface area contributed by atoms with Crippen LogP contribution >= 0.6 is 8.53 Å². The van der Waals surface area contributed by atoms with Gasteiger partial charge in [-0.05, 0) is 6.07 Å². The Hall–Kier alpha value is -1.01. The van der Waals surface area contributed by atoms with Gasteiger partial charge in [-0.3, -0.25) is 10.5 Å². The highest BCUT2D eigenvalue weighted by Crippen LogP contribution is 2.05. The number of nitrogens with two attached hydrogens (primary N) is 2. The summed E-state index contributed by atoms with van der Waals surface area (Å²) in [7, 11) is -2.12. The first-order valence-corrected chi connectivity index (χ1v) is 4.07. The summed E-state index contributed by atoms with van der Waals surface area (Å²) in [6.45, 7) is 0. The van der Waals surface area contributed by atoms with E-state index in [0.29, 0.717) is 5.82 Å². The molecule has 0 aliphatic rings. The lowest BCUT2D eigenvalue weighted by molar-refractivity contribution is 0.485. The van der Waals surface area contributed by atoms with Crippen LogP contribution in [0.25, 0.3) is 0 Å². The third-order valence-electron chi connectivity index (χ3n) is 0.697. The van der Waals surface area contributed by atoms with Crippen LogP contribution in [0.2, 0.25) is 0 Å². The maximum Gasteiger partial charge on any atom is 0.346 e. The number of hydrogen-bond donors (Lipinski definition) is 5. The Morgan fingerprint density at radius 3 is 2.33 bits per heavy atom. The van der Waals surface area contributed by atoms with E-state index in [1.807, 2.05) is 0 Å². The topological polar surface area (TPSA) is 138 Å². The summed E-state index contributed by atoms with van der Waals surface area (Å²) in [5.74, 6) is 0.338. The van der Waals surface area contributed by atoms with E-state index >= 15 is 0 Å². The van der Waals surface area contributed by atoms with E-state index in [4.69, 9.17) is 15.5 Å². The molecular formula is C4H9N4O3P. The van der Waals surface area contributed by atoms with E-state index in [2.05, 4.69) is 15.5 Å². The van der Waals surface area contributed by atoms with Crippen molar-refractivity contribution in [2.75, 3.05) is 5.73 Å². The largest absolute Gasteiger partial charge is 0.385 e. The molecule has 0 saturated heterocycles. The first kappa shape index (κ1) is 11.0. The molecule has 1 aromatic heterocycles. The van der Waals surface area contributed by atoms with Crippen molar-refractivity contribution in [1.29, 1.82) is 0 Å². The fourth-order valence-electron chi connectivity index (χ4n) is 0.383. The van der Waals surface area contributed by atoms with E-state index in [-0.39, 0.29) is 0 Å². The van der Waals surface area contributed by atoms with Crippen molar-refractivity contribution < 1.29 is 9.79 Å². The molecule has 1 heterocycles. The van der Waals surface area contributed by atoms with E-state index in [1.165, 1.54) is 12.3 Å². The second-order valence-corrected chi connectivity index (χ2v) is 2.29. The minimum atomic E-state index is -2.12. The van der Waals surface area contributed by atoms with Gasteiger partial charge in [0.25, 0.3) is 0 Å². The van der Waals surface area contributed by atoms with Crippen molar-refractivity contribution in [2.24, 2.45) is 5.50 Å². The Balaban J connectivity index is 0.000000261. The van der Waals surface area contributed by atoms with E-state index in [0.717, 1.165) is 0 Å². The van der Waals surface area contributed by atoms with Gasteiger partial charge < -0.3 is 15.5 Å². The number of nitrogen functional groups attached to an aromatic ring is 1. The quantitative estimate of drug-likeness (QED) is 0.317. The molecule has 0 amide bonds. The Morgan fingerprint density at radius 1 is 1.58 bits per heavy atom. The number of anilines is 1. The molecule has 7 N–H and O–H groups in total. The highest BCUT2D eigenvalue weighted by Gasteiger charge is 1.80. The van der Waals surface area contributed by atoms with Gasteiger partial charge in [0.15, 0.2) is 0 Å². The van der Waals surface area contributed by atoms with E-state index in [9.17, 15) is 4.79 Å². The lowest BCUT2D eigenvalue weighted by atomic mass is 10.6. The molecule has 0 spiro atoms. The first-order chi connectivity index (χ1) is 5.52. The van der Waals surface area contributed by atoms with Gasteiger partial charge in [0.05, 0.1) is 0 Å². The molecule has 8 heteroatoms. The van der Waals surface area contributed by atoms with Crippen LogP contribution in [0.5, 0.6) is 0 Å². The second-order valence-electron chi connectivity index (χ2n) is 1.65. The fraction of sp³-hybridized carbons (Fsp3) is 0. The molecule has 0 radical (unpaired) electrons. The molecule has 0 aromatic carbocycles. The minimum Gasteiger partial charge on any atom is -0.385 e. The van der Waals surface area contributed by atoms with Crippen LogP contribution in [0, 0.1) is 0 Å². The van der Waals surface area contributed by atoms with Gasteiger partial charge in [0.1, 0.15) is 5.82 Å². The molecule has 0 aliphatic carbocycles. The van der Waals surface area contributed by atoms with Gasteiger partial charge in [-0.1, -0.05) is 0 Å². The van der Waals surface area contributed by atoms with Crippen LogP contribution in [-0.4, -0.2) is 19.8 Å². The lowest BCUT2D eigenvalue weighted by Crippen LogP contribution is -2.10. The Morgan fingerprint density at radius 2 is 2.08 bits per heavy atom. The summed E-state index contributed by atoms with van der Waals surface area (Å²) in [4.78, 5) is 30.8. The van der Waals surface area contributed by atoms with Crippen LogP contribution in [0.3, 0.4) is 0 Å². The van der Waals surface area contributed by atoms with Crippen molar-refractivity contribution in [3.63, 3.8) is 0 Å². The zero-order valence-electron chi connectivity index (χ0n) is 6.01. The van der Waals surface area contributed by atoms with Crippen LogP contribution in [0.4, 0.5) is 5.82 Å². The molecule has 0 aliphatic heterocycles. The number of nitrogens with zero attached hydrogens (tertiary/aromatic N) is 1. The molecule has 0 bridgehead atoms. The van der Waals surface area contributed by atoms with E-state index in [1.54, 1.807) is 0 Å². The summed E-state index contributed by atoms with van der Waals surface area (Å²) >= 11 is 0. The molecular weight excluding hydrogens is 183 g/mol. The zero-order chi connectivity index (χ0) is 9.56. The SMILES string of the molecule is NP(O)O.Nc1ccnc(=O)[nH]1. The maximum absolute atomic E-state index is 10.2. The third kappa shape index (κ3) is 7.10. The molecule has 0 atom stereocenters. The number of hydrogen-bond acceptors (Lipinski definition) is 6. The van der Waals surface area contributed by atoms with Crippen molar-refractivity contribution in [3.8, 4) is 0 Å². The van der Waals surface area contributed by atoms with Crippen molar-refractivity contribution in [2.45, 2.75) is 0 Å². The molecule has 68 valence electrons. The average molecular weight is 192 g/mol. The van der Waals surface area contributed by atoms with Crippen molar-refractivity contribution in [1.82, 2.24) is 9.97 Å². The maximum atomic E-state index is 10.2. The normalized spacial score (nSPS) is 9.00. The molecule has 0 unspecified atom stereocenters. The predicted molar refractivity (Wildman–Crippen MR) is 44.8 cm³/mol.